The number of carbonyl (C=O) groups is 2. The predicted molar refractivity (Wildman–Crippen MR) is 88.7 cm³/mol. The highest BCUT2D eigenvalue weighted by Gasteiger charge is 2.17. The molecule has 0 radical (unpaired) electrons. The molecule has 1 unspecified atom stereocenters. The fourth-order valence-corrected chi connectivity index (χ4v) is 2.18. The van der Waals surface area contributed by atoms with Gasteiger partial charge in [-0.15, -0.1) is 0 Å². The maximum atomic E-state index is 12.2. The number of fused-ring (bicyclic) bond motifs is 1. The van der Waals surface area contributed by atoms with E-state index >= 15 is 0 Å². The van der Waals surface area contributed by atoms with Gasteiger partial charge in [0.2, 0.25) is 0 Å². The summed E-state index contributed by atoms with van der Waals surface area (Å²) < 4.78 is 10.4. The van der Waals surface area contributed by atoms with Gasteiger partial charge >= 0.3 is 5.97 Å². The SMILES string of the molecule is CCC(C)NC(=O)COC(=O)c1cc2ccccc2cc1OC. The molecule has 1 atom stereocenters. The molecule has 23 heavy (non-hydrogen) atoms. The lowest BCUT2D eigenvalue weighted by Crippen LogP contribution is -2.35. The van der Waals surface area contributed by atoms with Gasteiger partial charge in [-0.25, -0.2) is 4.79 Å². The van der Waals surface area contributed by atoms with Gasteiger partial charge in [-0.05, 0) is 36.2 Å². The molecule has 0 aliphatic rings. The lowest BCUT2D eigenvalue weighted by molar-refractivity contribution is -0.124. The third-order valence-corrected chi connectivity index (χ3v) is 3.64. The molecule has 0 aliphatic heterocycles. The number of nitrogens with one attached hydrogen (secondary N) is 1. The lowest BCUT2D eigenvalue weighted by atomic mass is 10.1. The largest absolute Gasteiger partial charge is 0.496 e. The van der Waals surface area contributed by atoms with E-state index in [1.807, 2.05) is 38.1 Å². The van der Waals surface area contributed by atoms with Crippen LogP contribution in [0, 0.1) is 0 Å². The first-order valence-corrected chi connectivity index (χ1v) is 7.58. The molecule has 0 saturated heterocycles. The zero-order chi connectivity index (χ0) is 16.8. The maximum absolute atomic E-state index is 12.2. The zero-order valence-electron chi connectivity index (χ0n) is 13.6. The quantitative estimate of drug-likeness (QED) is 0.833. The molecule has 0 aliphatic carbocycles. The van der Waals surface area contributed by atoms with E-state index in [-0.39, 0.29) is 18.6 Å². The number of benzene rings is 2. The first kappa shape index (κ1) is 16.8. The van der Waals surface area contributed by atoms with Crippen LogP contribution in [-0.4, -0.2) is 31.6 Å². The Hall–Kier alpha value is -2.56. The molecule has 0 fully saturated rings. The molecule has 5 nitrogen and oxygen atoms in total. The molecule has 2 aromatic rings. The molecule has 0 bridgehead atoms. The Morgan fingerprint density at radius 1 is 1.17 bits per heavy atom. The van der Waals surface area contributed by atoms with Gasteiger partial charge in [0.15, 0.2) is 6.61 Å². The number of methoxy groups -OCH3 is 1. The van der Waals surface area contributed by atoms with Crippen LogP contribution in [0.25, 0.3) is 10.8 Å². The fourth-order valence-electron chi connectivity index (χ4n) is 2.18. The molecular formula is C18H21NO4. The van der Waals surface area contributed by atoms with Crippen LogP contribution in [0.1, 0.15) is 30.6 Å². The van der Waals surface area contributed by atoms with Crippen LogP contribution in [0.2, 0.25) is 0 Å². The Labute approximate surface area is 135 Å². The maximum Gasteiger partial charge on any atom is 0.342 e. The molecule has 2 aromatic carbocycles. The number of carbonyl (C=O) groups excluding carboxylic acids is 2. The van der Waals surface area contributed by atoms with Crippen LogP contribution in [0.15, 0.2) is 36.4 Å². The molecule has 2 rings (SSSR count). The van der Waals surface area contributed by atoms with Crippen LogP contribution in [0.4, 0.5) is 0 Å². The highest BCUT2D eigenvalue weighted by atomic mass is 16.5. The number of amides is 1. The monoisotopic (exact) mass is 315 g/mol. The van der Waals surface area contributed by atoms with Crippen LogP contribution in [0.5, 0.6) is 5.75 Å². The Morgan fingerprint density at radius 2 is 1.83 bits per heavy atom. The van der Waals surface area contributed by atoms with Crippen LogP contribution >= 0.6 is 0 Å². The van der Waals surface area contributed by atoms with Crippen molar-refractivity contribution < 1.29 is 19.1 Å². The van der Waals surface area contributed by atoms with Crippen molar-refractivity contribution in [3.8, 4) is 5.75 Å². The van der Waals surface area contributed by atoms with E-state index in [9.17, 15) is 9.59 Å². The van der Waals surface area contributed by atoms with Crippen molar-refractivity contribution in [1.29, 1.82) is 0 Å². The van der Waals surface area contributed by atoms with Gasteiger partial charge < -0.3 is 14.8 Å². The minimum absolute atomic E-state index is 0.0522. The van der Waals surface area contributed by atoms with Gasteiger partial charge in [0.25, 0.3) is 5.91 Å². The smallest absolute Gasteiger partial charge is 0.342 e. The highest BCUT2D eigenvalue weighted by Crippen LogP contribution is 2.26. The van der Waals surface area contributed by atoms with E-state index in [0.717, 1.165) is 17.2 Å². The molecule has 122 valence electrons. The van der Waals surface area contributed by atoms with Crippen molar-refractivity contribution in [2.24, 2.45) is 0 Å². The van der Waals surface area contributed by atoms with E-state index in [0.29, 0.717) is 11.3 Å². The van der Waals surface area contributed by atoms with E-state index in [4.69, 9.17) is 9.47 Å². The standard InChI is InChI=1S/C18H21NO4/c1-4-12(2)19-17(20)11-23-18(21)15-9-13-7-5-6-8-14(13)10-16(15)22-3/h5-10,12H,4,11H2,1-3H3,(H,19,20). The van der Waals surface area contributed by atoms with Crippen molar-refractivity contribution in [2.75, 3.05) is 13.7 Å². The third-order valence-electron chi connectivity index (χ3n) is 3.64. The summed E-state index contributed by atoms with van der Waals surface area (Å²) >= 11 is 0. The summed E-state index contributed by atoms with van der Waals surface area (Å²) in [4.78, 5) is 23.9. The average Bonchev–Trinajstić information content (AvgIpc) is 2.58. The van der Waals surface area contributed by atoms with Gasteiger partial charge in [-0.2, -0.15) is 0 Å². The van der Waals surface area contributed by atoms with Gasteiger partial charge in [0.1, 0.15) is 11.3 Å². The van der Waals surface area contributed by atoms with Gasteiger partial charge in [0, 0.05) is 6.04 Å². The van der Waals surface area contributed by atoms with Crippen LogP contribution in [-0.2, 0) is 9.53 Å². The summed E-state index contributed by atoms with van der Waals surface area (Å²) in [5.41, 5.74) is 0.308. The summed E-state index contributed by atoms with van der Waals surface area (Å²) in [7, 11) is 1.50. The summed E-state index contributed by atoms with van der Waals surface area (Å²) in [6, 6.07) is 11.2. The molecule has 5 heteroatoms. The Balaban J connectivity index is 2.12. The molecule has 0 saturated carbocycles. The molecule has 1 amide bonds. The number of esters is 1. The second-order valence-corrected chi connectivity index (χ2v) is 5.35. The Bertz CT molecular complexity index is 711. The van der Waals surface area contributed by atoms with Gasteiger partial charge in [-0.1, -0.05) is 31.2 Å². The van der Waals surface area contributed by atoms with Gasteiger partial charge in [0.05, 0.1) is 7.11 Å². The van der Waals surface area contributed by atoms with Crippen LogP contribution < -0.4 is 10.1 Å². The van der Waals surface area contributed by atoms with Crippen molar-refractivity contribution in [1.82, 2.24) is 5.32 Å². The number of rotatable bonds is 6. The summed E-state index contributed by atoms with van der Waals surface area (Å²) in [6.45, 7) is 3.56. The normalized spacial score (nSPS) is 11.8. The second-order valence-electron chi connectivity index (χ2n) is 5.35. The lowest BCUT2D eigenvalue weighted by Gasteiger charge is -2.13. The third kappa shape index (κ3) is 4.22. The second kappa shape index (κ2) is 7.63. The Kier molecular flexibility index (Phi) is 5.57. The topological polar surface area (TPSA) is 64.6 Å². The summed E-state index contributed by atoms with van der Waals surface area (Å²) in [6.07, 6.45) is 0.818. The van der Waals surface area contributed by atoms with Crippen molar-refractivity contribution in [3.63, 3.8) is 0 Å². The van der Waals surface area contributed by atoms with E-state index in [1.54, 1.807) is 12.1 Å². The fraction of sp³-hybridized carbons (Fsp3) is 0.333. The van der Waals surface area contributed by atoms with Crippen molar-refractivity contribution >= 4 is 22.6 Å². The van der Waals surface area contributed by atoms with Crippen molar-refractivity contribution in [3.05, 3.63) is 42.0 Å². The molecule has 0 aromatic heterocycles. The highest BCUT2D eigenvalue weighted by molar-refractivity contribution is 5.99. The number of hydrogen-bond donors (Lipinski definition) is 1. The number of hydrogen-bond acceptors (Lipinski definition) is 4. The summed E-state index contributed by atoms with van der Waals surface area (Å²) in [5, 5.41) is 4.62. The summed E-state index contributed by atoms with van der Waals surface area (Å²) in [5.74, 6) is -0.463. The zero-order valence-corrected chi connectivity index (χ0v) is 13.6. The molecule has 1 N–H and O–H groups in total. The average molecular weight is 315 g/mol. The van der Waals surface area contributed by atoms with E-state index < -0.39 is 5.97 Å². The first-order chi connectivity index (χ1) is 11.0. The van der Waals surface area contributed by atoms with E-state index in [1.165, 1.54) is 7.11 Å². The minimum atomic E-state index is -0.577. The van der Waals surface area contributed by atoms with E-state index in [2.05, 4.69) is 5.32 Å². The molecule has 0 heterocycles. The van der Waals surface area contributed by atoms with Crippen molar-refractivity contribution in [2.45, 2.75) is 26.3 Å². The molecule has 0 spiro atoms. The van der Waals surface area contributed by atoms with Crippen LogP contribution in [0.3, 0.4) is 0 Å². The van der Waals surface area contributed by atoms with Gasteiger partial charge in [-0.3, -0.25) is 4.79 Å². The predicted octanol–water partition coefficient (Wildman–Crippen LogP) is 2.92. The minimum Gasteiger partial charge on any atom is -0.496 e. The Morgan fingerprint density at radius 3 is 2.43 bits per heavy atom. The first-order valence-electron chi connectivity index (χ1n) is 7.58. The number of ether oxygens (including phenoxy) is 2. The molecular weight excluding hydrogens is 294 g/mol.